The van der Waals surface area contributed by atoms with Gasteiger partial charge >= 0.3 is 5.97 Å². The van der Waals surface area contributed by atoms with Crippen molar-refractivity contribution in [2.45, 2.75) is 45.6 Å². The van der Waals surface area contributed by atoms with Gasteiger partial charge in [-0.3, -0.25) is 4.79 Å². The van der Waals surface area contributed by atoms with E-state index in [-0.39, 0.29) is 12.0 Å². The minimum absolute atomic E-state index is 0.135. The first-order valence-corrected chi connectivity index (χ1v) is 5.44. The molecule has 14 heavy (non-hydrogen) atoms. The molecule has 0 saturated heterocycles. The van der Waals surface area contributed by atoms with Crippen LogP contribution in [0.3, 0.4) is 0 Å². The fourth-order valence-corrected chi connectivity index (χ4v) is 2.00. The van der Waals surface area contributed by atoms with Crippen molar-refractivity contribution >= 4 is 5.97 Å². The first-order valence-electron chi connectivity index (χ1n) is 5.44. The van der Waals surface area contributed by atoms with Crippen molar-refractivity contribution < 1.29 is 14.6 Å². The van der Waals surface area contributed by atoms with Gasteiger partial charge in [0, 0.05) is 6.61 Å². The number of carboxylic acids is 1. The minimum Gasteiger partial charge on any atom is -0.481 e. The second kappa shape index (κ2) is 5.35. The summed E-state index contributed by atoms with van der Waals surface area (Å²) in [7, 11) is 0. The molecule has 0 aromatic carbocycles. The van der Waals surface area contributed by atoms with Crippen LogP contribution in [0.25, 0.3) is 0 Å². The van der Waals surface area contributed by atoms with E-state index in [0.29, 0.717) is 5.92 Å². The van der Waals surface area contributed by atoms with Gasteiger partial charge in [-0.25, -0.2) is 0 Å². The van der Waals surface area contributed by atoms with Gasteiger partial charge in [-0.2, -0.15) is 0 Å². The zero-order valence-electron chi connectivity index (χ0n) is 9.03. The van der Waals surface area contributed by atoms with Gasteiger partial charge in [-0.1, -0.05) is 6.42 Å². The predicted octanol–water partition coefficient (Wildman–Crippen LogP) is 2.30. The highest BCUT2D eigenvalue weighted by Gasteiger charge is 2.26. The summed E-state index contributed by atoms with van der Waals surface area (Å²) in [5.41, 5.74) is 0. The molecule has 0 aromatic heterocycles. The third-order valence-corrected chi connectivity index (χ3v) is 2.80. The molecule has 0 spiro atoms. The average molecular weight is 200 g/mol. The summed E-state index contributed by atoms with van der Waals surface area (Å²) in [6.45, 7) is 4.75. The second-order valence-electron chi connectivity index (χ2n) is 4.45. The molecule has 1 aliphatic carbocycles. The van der Waals surface area contributed by atoms with Gasteiger partial charge in [-0.15, -0.1) is 0 Å². The van der Waals surface area contributed by atoms with E-state index in [1.807, 2.05) is 13.8 Å². The third kappa shape index (κ3) is 3.66. The highest BCUT2D eigenvalue weighted by atomic mass is 16.5. The fraction of sp³-hybridized carbons (Fsp3) is 0.909. The number of aliphatic carboxylic acids is 1. The summed E-state index contributed by atoms with van der Waals surface area (Å²) >= 11 is 0. The molecule has 3 heteroatoms. The number of ether oxygens (including phenoxy) is 1. The Hall–Kier alpha value is -0.570. The lowest BCUT2D eigenvalue weighted by Gasteiger charge is -2.26. The Morgan fingerprint density at radius 3 is 2.79 bits per heavy atom. The van der Waals surface area contributed by atoms with Gasteiger partial charge in [0.15, 0.2) is 0 Å². The van der Waals surface area contributed by atoms with Crippen LogP contribution in [0.4, 0.5) is 0 Å². The Morgan fingerprint density at radius 2 is 2.21 bits per heavy atom. The van der Waals surface area contributed by atoms with Crippen molar-refractivity contribution in [2.75, 3.05) is 6.61 Å². The Kier molecular flexibility index (Phi) is 4.39. The maximum atomic E-state index is 10.8. The number of hydrogen-bond donors (Lipinski definition) is 1. The Bertz CT molecular complexity index is 189. The topological polar surface area (TPSA) is 46.5 Å². The standard InChI is InChI=1S/C11H20O3/c1-8(2)14-7-9-4-3-5-10(6-9)11(12)13/h8-10H,3-7H2,1-2H3,(H,12,13)/t9-,10+/m0/s1. The van der Waals surface area contributed by atoms with Crippen LogP contribution in [-0.2, 0) is 9.53 Å². The lowest BCUT2D eigenvalue weighted by atomic mass is 9.82. The number of hydrogen-bond acceptors (Lipinski definition) is 2. The highest BCUT2D eigenvalue weighted by molar-refractivity contribution is 5.70. The van der Waals surface area contributed by atoms with Crippen LogP contribution in [0.15, 0.2) is 0 Å². The lowest BCUT2D eigenvalue weighted by molar-refractivity contribution is -0.143. The summed E-state index contributed by atoms with van der Waals surface area (Å²) in [5, 5.41) is 8.89. The van der Waals surface area contributed by atoms with E-state index in [1.165, 1.54) is 0 Å². The van der Waals surface area contributed by atoms with E-state index in [9.17, 15) is 4.79 Å². The van der Waals surface area contributed by atoms with Gasteiger partial charge in [0.1, 0.15) is 0 Å². The molecule has 0 radical (unpaired) electrons. The minimum atomic E-state index is -0.640. The van der Waals surface area contributed by atoms with Crippen LogP contribution >= 0.6 is 0 Å². The molecule has 3 nitrogen and oxygen atoms in total. The van der Waals surface area contributed by atoms with Gasteiger partial charge in [0.05, 0.1) is 12.0 Å². The summed E-state index contributed by atoms with van der Waals surface area (Å²) < 4.78 is 5.52. The molecule has 0 aliphatic heterocycles. The van der Waals surface area contributed by atoms with Gasteiger partial charge < -0.3 is 9.84 Å². The largest absolute Gasteiger partial charge is 0.481 e. The van der Waals surface area contributed by atoms with Crippen molar-refractivity contribution in [3.63, 3.8) is 0 Å². The Morgan fingerprint density at radius 1 is 1.50 bits per heavy atom. The van der Waals surface area contributed by atoms with E-state index in [0.717, 1.165) is 32.3 Å². The summed E-state index contributed by atoms with van der Waals surface area (Å²) in [4.78, 5) is 10.8. The fourth-order valence-electron chi connectivity index (χ4n) is 2.00. The molecule has 0 aromatic rings. The zero-order chi connectivity index (χ0) is 10.6. The molecule has 0 amide bonds. The van der Waals surface area contributed by atoms with Crippen molar-refractivity contribution in [1.82, 2.24) is 0 Å². The van der Waals surface area contributed by atoms with Crippen molar-refractivity contribution in [3.05, 3.63) is 0 Å². The summed E-state index contributed by atoms with van der Waals surface area (Å²) in [5.74, 6) is -0.323. The maximum Gasteiger partial charge on any atom is 0.306 e. The van der Waals surface area contributed by atoms with E-state index in [1.54, 1.807) is 0 Å². The van der Waals surface area contributed by atoms with Gasteiger partial charge in [0.25, 0.3) is 0 Å². The van der Waals surface area contributed by atoms with E-state index in [4.69, 9.17) is 9.84 Å². The first-order chi connectivity index (χ1) is 6.59. The molecule has 1 aliphatic rings. The Labute approximate surface area is 85.5 Å². The molecule has 0 heterocycles. The van der Waals surface area contributed by atoms with E-state index >= 15 is 0 Å². The van der Waals surface area contributed by atoms with Crippen LogP contribution in [0.1, 0.15) is 39.5 Å². The first kappa shape index (κ1) is 11.5. The highest BCUT2D eigenvalue weighted by Crippen LogP contribution is 2.29. The van der Waals surface area contributed by atoms with Crippen LogP contribution in [0.5, 0.6) is 0 Å². The summed E-state index contributed by atoms with van der Waals surface area (Å²) in [6, 6.07) is 0. The molecular weight excluding hydrogens is 180 g/mol. The molecule has 0 bridgehead atoms. The maximum absolute atomic E-state index is 10.8. The van der Waals surface area contributed by atoms with Gasteiger partial charge in [-0.05, 0) is 39.0 Å². The smallest absolute Gasteiger partial charge is 0.306 e. The molecule has 1 N–H and O–H groups in total. The SMILES string of the molecule is CC(C)OC[C@H]1CCC[C@@H](C(=O)O)C1. The van der Waals surface area contributed by atoms with Crippen LogP contribution in [0, 0.1) is 11.8 Å². The van der Waals surface area contributed by atoms with Crippen LogP contribution in [-0.4, -0.2) is 23.8 Å². The predicted molar refractivity (Wildman–Crippen MR) is 54.2 cm³/mol. The van der Waals surface area contributed by atoms with Crippen LogP contribution < -0.4 is 0 Å². The van der Waals surface area contributed by atoms with Crippen molar-refractivity contribution in [2.24, 2.45) is 11.8 Å². The number of rotatable bonds is 4. The molecular formula is C11H20O3. The van der Waals surface area contributed by atoms with Gasteiger partial charge in [0.2, 0.25) is 0 Å². The van der Waals surface area contributed by atoms with Crippen molar-refractivity contribution in [3.8, 4) is 0 Å². The molecule has 1 rings (SSSR count). The monoisotopic (exact) mass is 200 g/mol. The lowest BCUT2D eigenvalue weighted by Crippen LogP contribution is -2.26. The normalized spacial score (nSPS) is 27.9. The van der Waals surface area contributed by atoms with Crippen molar-refractivity contribution in [1.29, 1.82) is 0 Å². The zero-order valence-corrected chi connectivity index (χ0v) is 9.03. The molecule has 2 atom stereocenters. The molecule has 82 valence electrons. The third-order valence-electron chi connectivity index (χ3n) is 2.80. The quantitative estimate of drug-likeness (QED) is 0.757. The number of carbonyl (C=O) groups is 1. The summed E-state index contributed by atoms with van der Waals surface area (Å²) in [6.07, 6.45) is 4.04. The molecule has 0 unspecified atom stereocenters. The van der Waals surface area contributed by atoms with E-state index < -0.39 is 5.97 Å². The van der Waals surface area contributed by atoms with E-state index in [2.05, 4.69) is 0 Å². The number of carboxylic acid groups (broad SMARTS) is 1. The Balaban J connectivity index is 2.29. The van der Waals surface area contributed by atoms with Crippen LogP contribution in [0.2, 0.25) is 0 Å². The second-order valence-corrected chi connectivity index (χ2v) is 4.45. The molecule has 1 saturated carbocycles. The molecule has 1 fully saturated rings. The average Bonchev–Trinajstić information content (AvgIpc) is 2.15.